The number of ether oxygens (including phenoxy) is 2. The van der Waals surface area contributed by atoms with Gasteiger partial charge in [-0.1, -0.05) is 23.7 Å². The van der Waals surface area contributed by atoms with Crippen molar-refractivity contribution in [2.24, 2.45) is 14.5 Å². The maximum atomic E-state index is 13.0. The fourth-order valence-electron chi connectivity index (χ4n) is 3.05. The molecule has 2 aromatic rings. The minimum absolute atomic E-state index is 0.0672. The number of aromatic nitrogens is 2. The number of fused-ring (bicyclic) bond motifs is 1. The Kier molecular flexibility index (Phi) is 7.33. The van der Waals surface area contributed by atoms with Crippen molar-refractivity contribution in [3.63, 3.8) is 0 Å². The third-order valence-corrected chi connectivity index (χ3v) is 6.12. The molecule has 3 N–H and O–H groups in total. The maximum Gasteiger partial charge on any atom is 0.354 e. The predicted octanol–water partition coefficient (Wildman–Crippen LogP) is 3.84. The molecule has 1 aliphatic heterocycles. The van der Waals surface area contributed by atoms with Crippen LogP contribution in [0.1, 0.15) is 18.9 Å². The minimum atomic E-state index is -3.60. The molecule has 0 saturated carbocycles. The number of rotatable bonds is 6. The average Bonchev–Trinajstić information content (AvgIpc) is 3.20. The zero-order chi connectivity index (χ0) is 23.3. The van der Waals surface area contributed by atoms with Crippen LogP contribution in [0, 0.1) is 0 Å². The number of carbonyl (C=O) groups excluding carboxylic acids is 1. The number of aliphatic imine (C=N–C) groups is 1. The normalized spacial score (nSPS) is 15.8. The molecule has 0 saturated heterocycles. The number of methoxy groups -OCH3 is 1. The van der Waals surface area contributed by atoms with E-state index < -0.39 is 15.9 Å². The number of halogens is 1. The maximum absolute atomic E-state index is 13.0. The smallest absolute Gasteiger partial charge is 0.354 e. The summed E-state index contributed by atoms with van der Waals surface area (Å²) in [5, 5.41) is 13.0. The molecule has 3 rings (SSSR count). The third-order valence-electron chi connectivity index (χ3n) is 4.54. The Morgan fingerprint density at radius 2 is 2.28 bits per heavy atom. The molecule has 10 nitrogen and oxygen atoms in total. The number of benzene rings is 1. The van der Waals surface area contributed by atoms with Crippen molar-refractivity contribution in [1.29, 1.82) is 0 Å². The van der Waals surface area contributed by atoms with Crippen molar-refractivity contribution in [3.8, 4) is 5.88 Å². The van der Waals surface area contributed by atoms with Crippen LogP contribution in [0.25, 0.3) is 5.57 Å². The summed E-state index contributed by atoms with van der Waals surface area (Å²) in [6, 6.07) is 4.00. The Hall–Kier alpha value is -3.15. The van der Waals surface area contributed by atoms with E-state index in [-0.39, 0.29) is 16.7 Å². The number of urea groups is 1. The number of amides is 2. The summed E-state index contributed by atoms with van der Waals surface area (Å²) in [6.07, 6.45) is 5.51. The fourth-order valence-corrected chi connectivity index (χ4v) is 4.22. The van der Waals surface area contributed by atoms with Crippen LogP contribution in [0.3, 0.4) is 0 Å². The highest BCUT2D eigenvalue weighted by Gasteiger charge is 2.24. The lowest BCUT2D eigenvalue weighted by molar-refractivity contribution is 0.224. The van der Waals surface area contributed by atoms with Gasteiger partial charge in [-0.15, -0.1) is 4.36 Å². The second kappa shape index (κ2) is 9.98. The topological polar surface area (TPSA) is 133 Å². The zero-order valence-electron chi connectivity index (χ0n) is 17.6. The minimum Gasteiger partial charge on any atom is -0.481 e. The van der Waals surface area contributed by atoms with Crippen LogP contribution in [0.5, 0.6) is 5.88 Å². The fraction of sp³-hybridized carbons (Fsp3) is 0.250. The molecule has 0 fully saturated rings. The molecule has 32 heavy (non-hydrogen) atoms. The van der Waals surface area contributed by atoms with Crippen LogP contribution in [0.2, 0.25) is 5.02 Å². The van der Waals surface area contributed by atoms with Gasteiger partial charge in [-0.25, -0.2) is 23.8 Å². The molecule has 12 heteroatoms. The second-order valence-electron chi connectivity index (χ2n) is 6.61. The van der Waals surface area contributed by atoms with E-state index in [0.717, 1.165) is 6.42 Å². The Morgan fingerprint density at radius 3 is 2.97 bits per heavy atom. The average molecular weight is 479 g/mol. The van der Waals surface area contributed by atoms with Crippen LogP contribution < -0.4 is 15.2 Å². The summed E-state index contributed by atoms with van der Waals surface area (Å²) < 4.78 is 28.9. The first-order valence-corrected chi connectivity index (χ1v) is 11.5. The first-order valence-electron chi connectivity index (χ1n) is 9.52. The Balaban J connectivity index is 1.95. The van der Waals surface area contributed by atoms with E-state index in [9.17, 15) is 9.00 Å². The van der Waals surface area contributed by atoms with Crippen molar-refractivity contribution < 1.29 is 18.5 Å². The molecule has 0 radical (unpaired) electrons. The summed E-state index contributed by atoms with van der Waals surface area (Å²) >= 11 is 6.12. The van der Waals surface area contributed by atoms with Gasteiger partial charge in [0.05, 0.1) is 25.6 Å². The number of nitrogens with zero attached hydrogens (tertiary/aromatic N) is 4. The largest absolute Gasteiger partial charge is 0.481 e. The molecular formula is C20H23ClN6O4S. The molecule has 1 unspecified atom stereocenters. The molecule has 0 bridgehead atoms. The van der Waals surface area contributed by atoms with Gasteiger partial charge in [-0.05, 0) is 31.3 Å². The number of hydrogen-bond donors (Lipinski definition) is 2. The highest BCUT2D eigenvalue weighted by molar-refractivity contribution is 7.91. The van der Waals surface area contributed by atoms with Gasteiger partial charge in [-0.3, -0.25) is 0 Å². The van der Waals surface area contributed by atoms with Crippen LogP contribution in [-0.4, -0.2) is 40.5 Å². The summed E-state index contributed by atoms with van der Waals surface area (Å²) in [4.78, 5) is 16.5. The quantitative estimate of drug-likeness (QED) is 0.369. The van der Waals surface area contributed by atoms with E-state index in [0.29, 0.717) is 35.0 Å². The second-order valence-corrected chi connectivity index (χ2v) is 8.80. The molecule has 1 atom stereocenters. The summed E-state index contributed by atoms with van der Waals surface area (Å²) in [5.74, 6) is 0.542. The lowest BCUT2D eigenvalue weighted by Crippen LogP contribution is -2.20. The molecular weight excluding hydrogens is 456 g/mol. The molecule has 170 valence electrons. The number of allylic oxidation sites excluding steroid dienone is 3. The van der Waals surface area contributed by atoms with E-state index >= 15 is 0 Å². The molecule has 1 aromatic carbocycles. The van der Waals surface area contributed by atoms with Crippen LogP contribution in [-0.2, 0) is 21.2 Å². The monoisotopic (exact) mass is 478 g/mol. The van der Waals surface area contributed by atoms with E-state index in [2.05, 4.69) is 26.5 Å². The molecule has 1 aromatic heterocycles. The van der Waals surface area contributed by atoms with E-state index in [1.54, 1.807) is 35.0 Å². The Morgan fingerprint density at radius 1 is 1.50 bits per heavy atom. The van der Waals surface area contributed by atoms with Crippen molar-refractivity contribution in [2.75, 3.05) is 19.0 Å². The highest BCUT2D eigenvalue weighted by atomic mass is 35.5. The number of nitrogens with two attached hydrogens (primary N) is 1. The van der Waals surface area contributed by atoms with Crippen molar-refractivity contribution in [1.82, 2.24) is 9.78 Å². The third kappa shape index (κ3) is 5.18. The molecule has 1 aliphatic rings. The lowest BCUT2D eigenvalue weighted by atomic mass is 10.0. The highest BCUT2D eigenvalue weighted by Crippen LogP contribution is 2.30. The number of anilines is 1. The van der Waals surface area contributed by atoms with Gasteiger partial charge < -0.3 is 14.8 Å². The van der Waals surface area contributed by atoms with Crippen LogP contribution in [0.15, 0.2) is 56.7 Å². The summed E-state index contributed by atoms with van der Waals surface area (Å²) in [7, 11) is -2.14. The van der Waals surface area contributed by atoms with Crippen molar-refractivity contribution in [3.05, 3.63) is 53.0 Å². The molecule has 2 amide bonds. The first kappa shape index (κ1) is 23.5. The van der Waals surface area contributed by atoms with Gasteiger partial charge in [-0.2, -0.15) is 5.10 Å². The molecule has 0 aliphatic carbocycles. The van der Waals surface area contributed by atoms with Gasteiger partial charge in [0.1, 0.15) is 4.90 Å². The molecule has 2 heterocycles. The van der Waals surface area contributed by atoms with Crippen LogP contribution >= 0.6 is 11.6 Å². The van der Waals surface area contributed by atoms with Crippen molar-refractivity contribution in [2.45, 2.75) is 24.8 Å². The number of carbonyl (C=O) groups is 1. The summed E-state index contributed by atoms with van der Waals surface area (Å²) in [6.45, 7) is 6.30. The van der Waals surface area contributed by atoms with Gasteiger partial charge >= 0.3 is 6.03 Å². The number of aryl methyl sites for hydroxylation is 1. The standard InChI is InChI=1S/C20H23ClN6O4S/c1-4-13(10-18(23-2)30-3)15-7-6-14(21)11-16(15)25-20(28)26-32(22,29)17-12-24-27-8-5-9-31-19(17)27/h4,6-7,10-12H,2,5,8-9H2,1,3H3,(H3,22,25,26,28,29)/b13-4+,18-10+. The Labute approximate surface area is 191 Å². The molecule has 0 spiro atoms. The van der Waals surface area contributed by atoms with Crippen LogP contribution in [0.4, 0.5) is 10.5 Å². The van der Waals surface area contributed by atoms with E-state index in [1.165, 1.54) is 13.3 Å². The van der Waals surface area contributed by atoms with Gasteiger partial charge in [0.25, 0.3) is 0 Å². The number of hydrogen-bond acceptors (Lipinski definition) is 6. The van der Waals surface area contributed by atoms with Crippen molar-refractivity contribution >= 4 is 45.5 Å². The summed E-state index contributed by atoms with van der Waals surface area (Å²) in [5.41, 5.74) is 1.61. The van der Waals surface area contributed by atoms with E-state index in [1.807, 2.05) is 6.92 Å². The van der Waals surface area contributed by atoms with Gasteiger partial charge in [0.2, 0.25) is 11.8 Å². The van der Waals surface area contributed by atoms with E-state index in [4.69, 9.17) is 26.2 Å². The van der Waals surface area contributed by atoms with Gasteiger partial charge in [0.15, 0.2) is 9.92 Å². The van der Waals surface area contributed by atoms with Gasteiger partial charge in [0, 0.05) is 29.6 Å². The first-order chi connectivity index (χ1) is 15.3. The lowest BCUT2D eigenvalue weighted by Gasteiger charge is -2.16. The zero-order valence-corrected chi connectivity index (χ0v) is 19.2. The predicted molar refractivity (Wildman–Crippen MR) is 124 cm³/mol. The Bertz CT molecular complexity index is 1230. The number of nitrogens with one attached hydrogen (secondary N) is 1. The SMILES string of the molecule is C=N/C(=C\C(=C/C)c1ccc(Cl)cc1NC(=O)N=S(N)(=O)c1cnn2c1OCCC2)OC.